The molecule has 1 aliphatic heterocycles. The molecule has 64 valence electrons. The summed E-state index contributed by atoms with van der Waals surface area (Å²) in [6, 6.07) is 0. The van der Waals surface area contributed by atoms with Crippen LogP contribution < -0.4 is 0 Å². The molecule has 0 radical (unpaired) electrons. The van der Waals surface area contributed by atoms with E-state index in [4.69, 9.17) is 14.9 Å². The molecule has 2 atom stereocenters. The fourth-order valence-corrected chi connectivity index (χ4v) is 1.19. The van der Waals surface area contributed by atoms with Crippen LogP contribution in [0.1, 0.15) is 20.3 Å². The van der Waals surface area contributed by atoms with Gasteiger partial charge in [0.1, 0.15) is 11.2 Å². The Morgan fingerprint density at radius 1 is 1.55 bits per heavy atom. The zero-order valence-electron chi connectivity index (χ0n) is 6.96. The lowest BCUT2D eigenvalue weighted by Crippen LogP contribution is -2.30. The summed E-state index contributed by atoms with van der Waals surface area (Å²) >= 11 is 0. The van der Waals surface area contributed by atoms with Gasteiger partial charge in [-0.15, -0.1) is 6.58 Å². The zero-order chi connectivity index (χ0) is 8.54. The van der Waals surface area contributed by atoms with Gasteiger partial charge in [0.25, 0.3) is 0 Å². The minimum Gasteiger partial charge on any atom is -0.393 e. The topological polar surface area (TPSA) is 38.7 Å². The maximum Gasteiger partial charge on any atom is 0.127 e. The number of hydrogen-bond donors (Lipinski definition) is 1. The lowest BCUT2D eigenvalue weighted by atomic mass is 9.91. The van der Waals surface area contributed by atoms with E-state index in [0.29, 0.717) is 6.42 Å². The van der Waals surface area contributed by atoms with Crippen LogP contribution in [0, 0.1) is 0 Å². The van der Waals surface area contributed by atoms with Crippen LogP contribution in [-0.4, -0.2) is 22.9 Å². The minimum atomic E-state index is -0.567. The summed E-state index contributed by atoms with van der Waals surface area (Å²) < 4.78 is 0. The first-order chi connectivity index (χ1) is 5.04. The van der Waals surface area contributed by atoms with Gasteiger partial charge in [-0.3, -0.25) is 0 Å². The summed E-state index contributed by atoms with van der Waals surface area (Å²) in [5.74, 6) is 0. The average molecular weight is 158 g/mol. The number of aliphatic hydroxyl groups is 1. The van der Waals surface area contributed by atoms with E-state index in [9.17, 15) is 0 Å². The molecule has 3 nitrogen and oxygen atoms in total. The summed E-state index contributed by atoms with van der Waals surface area (Å²) in [5, 5.41) is 8.91. The van der Waals surface area contributed by atoms with Gasteiger partial charge >= 0.3 is 0 Å². The summed E-state index contributed by atoms with van der Waals surface area (Å²) in [4.78, 5) is 9.99. The Hall–Kier alpha value is -0.380. The predicted octanol–water partition coefficient (Wildman–Crippen LogP) is 1.03. The van der Waals surface area contributed by atoms with Crippen molar-refractivity contribution in [1.82, 2.24) is 0 Å². The highest BCUT2D eigenvalue weighted by Gasteiger charge is 2.44. The van der Waals surface area contributed by atoms with Crippen LogP contribution in [0.4, 0.5) is 0 Å². The van der Waals surface area contributed by atoms with Crippen LogP contribution in [0.15, 0.2) is 12.7 Å². The highest BCUT2D eigenvalue weighted by atomic mass is 17.2. The maximum atomic E-state index is 8.91. The Balaban J connectivity index is 2.66. The Morgan fingerprint density at radius 3 is 2.45 bits per heavy atom. The van der Waals surface area contributed by atoms with Gasteiger partial charge in [0, 0.05) is 6.42 Å². The molecule has 0 amide bonds. The van der Waals surface area contributed by atoms with Gasteiger partial charge in [0.2, 0.25) is 0 Å². The van der Waals surface area contributed by atoms with E-state index < -0.39 is 11.2 Å². The van der Waals surface area contributed by atoms with Crippen LogP contribution in [0.5, 0.6) is 0 Å². The van der Waals surface area contributed by atoms with Crippen molar-refractivity contribution < 1.29 is 14.9 Å². The Bertz CT molecular complexity index is 169. The molecule has 1 aliphatic rings. The van der Waals surface area contributed by atoms with Crippen molar-refractivity contribution in [2.75, 3.05) is 6.61 Å². The highest BCUT2D eigenvalue weighted by Crippen LogP contribution is 2.35. The summed E-state index contributed by atoms with van der Waals surface area (Å²) in [7, 11) is 0. The van der Waals surface area contributed by atoms with Crippen LogP contribution >= 0.6 is 0 Å². The van der Waals surface area contributed by atoms with Gasteiger partial charge in [-0.2, -0.15) is 0 Å². The molecule has 0 aromatic rings. The van der Waals surface area contributed by atoms with E-state index in [0.717, 1.165) is 0 Å². The van der Waals surface area contributed by atoms with E-state index in [1.165, 1.54) is 0 Å². The van der Waals surface area contributed by atoms with Crippen LogP contribution in [-0.2, 0) is 9.78 Å². The molecule has 0 aliphatic carbocycles. The van der Waals surface area contributed by atoms with Crippen molar-refractivity contribution in [1.29, 1.82) is 0 Å². The van der Waals surface area contributed by atoms with E-state index in [-0.39, 0.29) is 6.61 Å². The largest absolute Gasteiger partial charge is 0.393 e. The monoisotopic (exact) mass is 158 g/mol. The number of hydrogen-bond acceptors (Lipinski definition) is 3. The molecular weight excluding hydrogens is 144 g/mol. The molecule has 0 unspecified atom stereocenters. The molecule has 1 heterocycles. The van der Waals surface area contributed by atoms with Crippen molar-refractivity contribution in [2.45, 2.75) is 31.5 Å². The number of rotatable bonds is 2. The van der Waals surface area contributed by atoms with Crippen molar-refractivity contribution >= 4 is 0 Å². The molecule has 1 saturated heterocycles. The van der Waals surface area contributed by atoms with Gasteiger partial charge in [-0.25, -0.2) is 9.78 Å². The molecule has 0 aromatic heterocycles. The first-order valence-corrected chi connectivity index (χ1v) is 3.65. The first kappa shape index (κ1) is 8.71. The van der Waals surface area contributed by atoms with Gasteiger partial charge in [-0.05, 0) is 13.8 Å². The smallest absolute Gasteiger partial charge is 0.127 e. The predicted molar refractivity (Wildman–Crippen MR) is 40.9 cm³/mol. The molecule has 0 saturated carbocycles. The Kier molecular flexibility index (Phi) is 2.05. The molecule has 1 fully saturated rings. The quantitative estimate of drug-likeness (QED) is 0.482. The third-order valence-electron chi connectivity index (χ3n) is 1.92. The summed E-state index contributed by atoms with van der Waals surface area (Å²) in [6.45, 7) is 7.28. The second-order valence-corrected chi connectivity index (χ2v) is 3.47. The average Bonchev–Trinajstić information content (AvgIpc) is 2.30. The molecule has 3 heteroatoms. The SMILES string of the molecule is C=C[C@@]1(C)C[C@](C)(CO)OO1. The molecule has 0 bridgehead atoms. The molecule has 11 heavy (non-hydrogen) atoms. The lowest BCUT2D eigenvalue weighted by molar-refractivity contribution is -0.339. The Labute approximate surface area is 66.5 Å². The normalized spacial score (nSPS) is 44.3. The van der Waals surface area contributed by atoms with Crippen molar-refractivity contribution in [3.8, 4) is 0 Å². The number of aliphatic hydroxyl groups excluding tert-OH is 1. The standard InChI is InChI=1S/C8H14O3/c1-4-7(2)5-8(3,6-9)11-10-7/h4,9H,1,5-6H2,2-3H3/t7-,8+/m0/s1. The fraction of sp³-hybridized carbons (Fsp3) is 0.750. The minimum absolute atomic E-state index is 0.0313. The third-order valence-corrected chi connectivity index (χ3v) is 1.92. The van der Waals surface area contributed by atoms with Gasteiger partial charge in [0.05, 0.1) is 6.61 Å². The van der Waals surface area contributed by atoms with E-state index >= 15 is 0 Å². The van der Waals surface area contributed by atoms with E-state index in [1.807, 2.05) is 13.8 Å². The van der Waals surface area contributed by atoms with Gasteiger partial charge in [0.15, 0.2) is 0 Å². The highest BCUT2D eigenvalue weighted by molar-refractivity contribution is 5.00. The summed E-state index contributed by atoms with van der Waals surface area (Å²) in [6.07, 6.45) is 2.33. The maximum absolute atomic E-state index is 8.91. The third kappa shape index (κ3) is 1.61. The lowest BCUT2D eigenvalue weighted by Gasteiger charge is -2.17. The molecular formula is C8H14O3. The fourth-order valence-electron chi connectivity index (χ4n) is 1.19. The Morgan fingerprint density at radius 2 is 2.18 bits per heavy atom. The second kappa shape index (κ2) is 2.59. The first-order valence-electron chi connectivity index (χ1n) is 3.65. The zero-order valence-corrected chi connectivity index (χ0v) is 6.96. The van der Waals surface area contributed by atoms with Crippen LogP contribution in [0.3, 0.4) is 0 Å². The van der Waals surface area contributed by atoms with Gasteiger partial charge < -0.3 is 5.11 Å². The van der Waals surface area contributed by atoms with Crippen molar-refractivity contribution in [3.05, 3.63) is 12.7 Å². The van der Waals surface area contributed by atoms with Crippen LogP contribution in [0.2, 0.25) is 0 Å². The summed E-state index contributed by atoms with van der Waals surface area (Å²) in [5.41, 5.74) is -1.01. The van der Waals surface area contributed by atoms with Crippen molar-refractivity contribution in [3.63, 3.8) is 0 Å². The van der Waals surface area contributed by atoms with Crippen molar-refractivity contribution in [2.24, 2.45) is 0 Å². The van der Waals surface area contributed by atoms with E-state index in [2.05, 4.69) is 6.58 Å². The van der Waals surface area contributed by atoms with E-state index in [1.54, 1.807) is 6.08 Å². The molecule has 0 spiro atoms. The van der Waals surface area contributed by atoms with Crippen LogP contribution in [0.25, 0.3) is 0 Å². The molecule has 1 N–H and O–H groups in total. The molecule has 1 rings (SSSR count). The second-order valence-electron chi connectivity index (χ2n) is 3.47. The molecule has 0 aromatic carbocycles. The van der Waals surface area contributed by atoms with Gasteiger partial charge in [-0.1, -0.05) is 6.08 Å².